The molecule has 1 atom stereocenters. The van der Waals surface area contributed by atoms with Crippen molar-refractivity contribution in [3.63, 3.8) is 0 Å². The van der Waals surface area contributed by atoms with E-state index in [0.717, 1.165) is 11.1 Å². The molecule has 8 nitrogen and oxygen atoms in total. The number of methoxy groups -OCH3 is 1. The molecule has 4 rings (SSSR count). The summed E-state index contributed by atoms with van der Waals surface area (Å²) in [7, 11) is 3.42. The van der Waals surface area contributed by atoms with Crippen LogP contribution in [0, 0.1) is 0 Å². The summed E-state index contributed by atoms with van der Waals surface area (Å²) < 4.78 is 11.7. The highest BCUT2D eigenvalue weighted by Gasteiger charge is 2.18. The van der Waals surface area contributed by atoms with E-state index < -0.39 is 0 Å². The molecule has 4 aromatic rings. The Morgan fingerprint density at radius 1 is 1.03 bits per heavy atom. The van der Waals surface area contributed by atoms with Gasteiger partial charge in [-0.2, -0.15) is 0 Å². The molecule has 2 aromatic heterocycles. The molecule has 2 heterocycles. The number of rotatable bonds is 9. The van der Waals surface area contributed by atoms with Crippen LogP contribution in [0.25, 0.3) is 10.6 Å². The number of amides is 1. The standard InChI is InChI=1S/C24H23N5O3S/c1-25-15-21(16-6-4-3-5-7-16)32-19-9-8-18(14-20(19)31-2)22(30)27-24-29-28-23(33-24)17-10-12-26-13-11-17/h3-14,21,25H,15H2,1-2H3,(H,27,29,30). The molecule has 1 unspecified atom stereocenters. The fourth-order valence-corrected chi connectivity index (χ4v) is 3.94. The van der Waals surface area contributed by atoms with Crippen LogP contribution >= 0.6 is 11.3 Å². The molecule has 1 amide bonds. The van der Waals surface area contributed by atoms with Crippen molar-refractivity contribution in [1.29, 1.82) is 0 Å². The number of carbonyl (C=O) groups excluding carboxylic acids is 1. The number of nitrogens with one attached hydrogen (secondary N) is 2. The van der Waals surface area contributed by atoms with Gasteiger partial charge in [0.05, 0.1) is 7.11 Å². The Morgan fingerprint density at radius 3 is 2.55 bits per heavy atom. The summed E-state index contributed by atoms with van der Waals surface area (Å²) in [4.78, 5) is 16.8. The van der Waals surface area contributed by atoms with E-state index in [1.54, 1.807) is 37.7 Å². The Kier molecular flexibility index (Phi) is 7.23. The van der Waals surface area contributed by atoms with Crippen LogP contribution in [-0.4, -0.2) is 41.8 Å². The zero-order chi connectivity index (χ0) is 23.0. The van der Waals surface area contributed by atoms with Crippen LogP contribution in [0.3, 0.4) is 0 Å². The van der Waals surface area contributed by atoms with Gasteiger partial charge < -0.3 is 14.8 Å². The summed E-state index contributed by atoms with van der Waals surface area (Å²) in [6.07, 6.45) is 3.16. The number of hydrogen-bond acceptors (Lipinski definition) is 8. The first kappa shape index (κ1) is 22.4. The first-order valence-corrected chi connectivity index (χ1v) is 11.1. The number of aromatic nitrogens is 3. The molecule has 0 saturated heterocycles. The van der Waals surface area contributed by atoms with Crippen LogP contribution in [0.5, 0.6) is 11.5 Å². The second-order valence-electron chi connectivity index (χ2n) is 7.04. The summed E-state index contributed by atoms with van der Waals surface area (Å²) in [5.41, 5.74) is 2.35. The highest BCUT2D eigenvalue weighted by atomic mass is 32.1. The molecule has 0 spiro atoms. The zero-order valence-electron chi connectivity index (χ0n) is 18.2. The Hall–Kier alpha value is -3.82. The number of likely N-dealkylation sites (N-methyl/N-ethyl adjacent to an activating group) is 1. The van der Waals surface area contributed by atoms with Crippen molar-refractivity contribution in [1.82, 2.24) is 20.5 Å². The molecule has 0 fully saturated rings. The van der Waals surface area contributed by atoms with Gasteiger partial charge in [-0.25, -0.2) is 0 Å². The van der Waals surface area contributed by atoms with E-state index in [1.165, 1.54) is 11.3 Å². The average Bonchev–Trinajstić information content (AvgIpc) is 3.33. The third-order valence-electron chi connectivity index (χ3n) is 4.83. The molecule has 0 saturated carbocycles. The van der Waals surface area contributed by atoms with Crippen LogP contribution in [0.15, 0.2) is 73.1 Å². The van der Waals surface area contributed by atoms with Crippen molar-refractivity contribution < 1.29 is 14.3 Å². The topological polar surface area (TPSA) is 98.3 Å². The third-order valence-corrected chi connectivity index (χ3v) is 5.72. The number of hydrogen-bond donors (Lipinski definition) is 2. The molecule has 2 N–H and O–H groups in total. The largest absolute Gasteiger partial charge is 0.493 e. The highest BCUT2D eigenvalue weighted by molar-refractivity contribution is 7.18. The van der Waals surface area contributed by atoms with E-state index in [2.05, 4.69) is 25.8 Å². The van der Waals surface area contributed by atoms with Crippen LogP contribution in [0.4, 0.5) is 5.13 Å². The lowest BCUT2D eigenvalue weighted by Crippen LogP contribution is -2.22. The fraction of sp³-hybridized carbons (Fsp3) is 0.167. The average molecular weight is 462 g/mol. The predicted molar refractivity (Wildman–Crippen MR) is 128 cm³/mol. The number of pyridine rings is 1. The molecular formula is C24H23N5O3S. The SMILES string of the molecule is CNCC(Oc1ccc(C(=O)Nc2nnc(-c3ccncc3)s2)cc1OC)c1ccccc1. The summed E-state index contributed by atoms with van der Waals surface area (Å²) in [5, 5.41) is 15.2. The van der Waals surface area contributed by atoms with Crippen LogP contribution in [-0.2, 0) is 0 Å². The molecule has 33 heavy (non-hydrogen) atoms. The van der Waals surface area contributed by atoms with Crippen LogP contribution < -0.4 is 20.1 Å². The van der Waals surface area contributed by atoms with Gasteiger partial charge in [0.15, 0.2) is 11.5 Å². The van der Waals surface area contributed by atoms with Gasteiger partial charge in [0.1, 0.15) is 11.1 Å². The molecule has 0 bridgehead atoms. The molecule has 2 aromatic carbocycles. The number of carbonyl (C=O) groups is 1. The van der Waals surface area contributed by atoms with Crippen molar-refractivity contribution in [2.45, 2.75) is 6.10 Å². The molecular weight excluding hydrogens is 438 g/mol. The summed E-state index contributed by atoms with van der Waals surface area (Å²) in [6, 6.07) is 18.7. The smallest absolute Gasteiger partial charge is 0.257 e. The Balaban J connectivity index is 1.49. The predicted octanol–water partition coefficient (Wildman–Crippen LogP) is 4.20. The highest BCUT2D eigenvalue weighted by Crippen LogP contribution is 2.33. The van der Waals surface area contributed by atoms with Gasteiger partial charge in [0.25, 0.3) is 5.91 Å². The van der Waals surface area contributed by atoms with E-state index in [9.17, 15) is 4.79 Å². The van der Waals surface area contributed by atoms with Crippen LogP contribution in [0.2, 0.25) is 0 Å². The van der Waals surface area contributed by atoms with Crippen molar-refractivity contribution in [2.24, 2.45) is 0 Å². The second-order valence-corrected chi connectivity index (χ2v) is 8.02. The van der Waals surface area contributed by atoms with Crippen molar-refractivity contribution in [3.8, 4) is 22.1 Å². The van der Waals surface area contributed by atoms with Gasteiger partial charge >= 0.3 is 0 Å². The van der Waals surface area contributed by atoms with E-state index in [1.807, 2.05) is 49.5 Å². The summed E-state index contributed by atoms with van der Waals surface area (Å²) in [5.74, 6) is 0.704. The van der Waals surface area contributed by atoms with E-state index in [4.69, 9.17) is 9.47 Å². The van der Waals surface area contributed by atoms with Gasteiger partial charge in [-0.15, -0.1) is 10.2 Å². The molecule has 0 radical (unpaired) electrons. The fourth-order valence-electron chi connectivity index (χ4n) is 3.19. The molecule has 0 aliphatic rings. The van der Waals surface area contributed by atoms with E-state index in [-0.39, 0.29) is 12.0 Å². The zero-order valence-corrected chi connectivity index (χ0v) is 19.0. The van der Waals surface area contributed by atoms with Gasteiger partial charge in [-0.1, -0.05) is 41.7 Å². The first-order chi connectivity index (χ1) is 16.2. The van der Waals surface area contributed by atoms with E-state index in [0.29, 0.717) is 33.7 Å². The maximum absolute atomic E-state index is 12.8. The molecule has 0 aliphatic carbocycles. The third kappa shape index (κ3) is 5.51. The monoisotopic (exact) mass is 461 g/mol. The number of benzene rings is 2. The van der Waals surface area contributed by atoms with Gasteiger partial charge in [-0.3, -0.25) is 15.1 Å². The maximum Gasteiger partial charge on any atom is 0.257 e. The number of anilines is 1. The maximum atomic E-state index is 12.8. The summed E-state index contributed by atoms with van der Waals surface area (Å²) >= 11 is 1.29. The Labute approximate surface area is 195 Å². The van der Waals surface area contributed by atoms with Gasteiger partial charge in [-0.05, 0) is 42.9 Å². The minimum absolute atomic E-state index is 0.210. The quantitative estimate of drug-likeness (QED) is 0.385. The lowest BCUT2D eigenvalue weighted by molar-refractivity contribution is 0.102. The van der Waals surface area contributed by atoms with Crippen molar-refractivity contribution in [2.75, 3.05) is 26.0 Å². The van der Waals surface area contributed by atoms with E-state index >= 15 is 0 Å². The number of ether oxygens (including phenoxy) is 2. The van der Waals surface area contributed by atoms with Crippen LogP contribution in [0.1, 0.15) is 22.0 Å². The Bertz CT molecular complexity index is 1200. The second kappa shape index (κ2) is 10.7. The van der Waals surface area contributed by atoms with Gasteiger partial charge in [0, 0.05) is 30.1 Å². The lowest BCUT2D eigenvalue weighted by Gasteiger charge is -2.21. The molecule has 0 aliphatic heterocycles. The normalized spacial score (nSPS) is 11.6. The summed E-state index contributed by atoms with van der Waals surface area (Å²) in [6.45, 7) is 0.617. The lowest BCUT2D eigenvalue weighted by atomic mass is 10.1. The van der Waals surface area contributed by atoms with Crippen molar-refractivity contribution >= 4 is 22.4 Å². The molecule has 9 heteroatoms. The molecule has 168 valence electrons. The number of nitrogens with zero attached hydrogens (tertiary/aromatic N) is 3. The Morgan fingerprint density at radius 2 is 1.82 bits per heavy atom. The minimum atomic E-state index is -0.313. The van der Waals surface area contributed by atoms with Gasteiger partial charge in [0.2, 0.25) is 5.13 Å². The first-order valence-electron chi connectivity index (χ1n) is 10.3. The van der Waals surface area contributed by atoms with Crippen molar-refractivity contribution in [3.05, 3.63) is 84.2 Å². The minimum Gasteiger partial charge on any atom is -0.493 e.